The fourth-order valence-electron chi connectivity index (χ4n) is 1.86. The number of anilines is 1. The summed E-state index contributed by atoms with van der Waals surface area (Å²) in [5.74, 6) is -2.20. The number of carbonyl (C=O) groups excluding carboxylic acids is 1. The molecule has 130 valence electrons. The standard InChI is InChI=1S/C14H20F2N2O4S/c1-22-9-3-7-18(23(2,20)21)8-6-14(19)17-13-5-4-11(15)10-12(13)16/h4-5,10H,3,6-9H2,1-2H3,(H,17,19). The molecule has 1 N–H and O–H groups in total. The normalized spacial score (nSPS) is 11.7. The van der Waals surface area contributed by atoms with E-state index in [1.54, 1.807) is 0 Å². The van der Waals surface area contributed by atoms with Crippen LogP contribution in [0.3, 0.4) is 0 Å². The molecule has 6 nitrogen and oxygen atoms in total. The number of sulfonamides is 1. The highest BCUT2D eigenvalue weighted by atomic mass is 32.2. The van der Waals surface area contributed by atoms with Gasteiger partial charge in [-0.05, 0) is 18.6 Å². The summed E-state index contributed by atoms with van der Waals surface area (Å²) in [6.07, 6.45) is 1.41. The fourth-order valence-corrected chi connectivity index (χ4v) is 2.74. The van der Waals surface area contributed by atoms with Crippen molar-refractivity contribution in [3.05, 3.63) is 29.8 Å². The van der Waals surface area contributed by atoms with Crippen LogP contribution in [-0.2, 0) is 19.6 Å². The number of hydrogen-bond donors (Lipinski definition) is 1. The van der Waals surface area contributed by atoms with Crippen molar-refractivity contribution in [3.8, 4) is 0 Å². The average Bonchev–Trinajstić information content (AvgIpc) is 2.44. The zero-order chi connectivity index (χ0) is 17.5. The zero-order valence-corrected chi connectivity index (χ0v) is 13.8. The van der Waals surface area contributed by atoms with Crippen LogP contribution in [0.1, 0.15) is 12.8 Å². The van der Waals surface area contributed by atoms with Crippen LogP contribution in [0.25, 0.3) is 0 Å². The number of nitrogens with zero attached hydrogens (tertiary/aromatic N) is 1. The third kappa shape index (κ3) is 7.02. The van der Waals surface area contributed by atoms with E-state index in [9.17, 15) is 22.0 Å². The van der Waals surface area contributed by atoms with Crippen LogP contribution < -0.4 is 5.32 Å². The minimum atomic E-state index is -3.45. The molecule has 23 heavy (non-hydrogen) atoms. The van der Waals surface area contributed by atoms with Crippen LogP contribution in [0.5, 0.6) is 0 Å². The van der Waals surface area contributed by atoms with E-state index in [2.05, 4.69) is 5.32 Å². The number of amides is 1. The molecule has 0 radical (unpaired) electrons. The summed E-state index contributed by atoms with van der Waals surface area (Å²) in [4.78, 5) is 11.8. The molecule has 1 aromatic carbocycles. The molecule has 1 aromatic rings. The third-order valence-corrected chi connectivity index (χ3v) is 4.32. The van der Waals surface area contributed by atoms with Gasteiger partial charge in [-0.15, -0.1) is 0 Å². The van der Waals surface area contributed by atoms with Crippen LogP contribution in [-0.4, -0.2) is 51.7 Å². The largest absolute Gasteiger partial charge is 0.385 e. The molecule has 0 bridgehead atoms. The molecule has 0 aliphatic heterocycles. The predicted octanol–water partition coefficient (Wildman–Crippen LogP) is 1.59. The van der Waals surface area contributed by atoms with Crippen molar-refractivity contribution in [2.75, 3.05) is 38.4 Å². The average molecular weight is 350 g/mol. The molecule has 0 aliphatic rings. The van der Waals surface area contributed by atoms with Gasteiger partial charge < -0.3 is 10.1 Å². The summed E-state index contributed by atoms with van der Waals surface area (Å²) in [5.41, 5.74) is -0.151. The summed E-state index contributed by atoms with van der Waals surface area (Å²) in [6, 6.07) is 2.78. The van der Waals surface area contributed by atoms with Crippen molar-refractivity contribution in [3.63, 3.8) is 0 Å². The van der Waals surface area contributed by atoms with Crippen LogP contribution in [0.4, 0.5) is 14.5 Å². The van der Waals surface area contributed by atoms with Crippen LogP contribution in [0.2, 0.25) is 0 Å². The molecular weight excluding hydrogens is 330 g/mol. The topological polar surface area (TPSA) is 75.7 Å². The van der Waals surface area contributed by atoms with E-state index in [0.717, 1.165) is 22.7 Å². The van der Waals surface area contributed by atoms with Crippen LogP contribution in [0, 0.1) is 11.6 Å². The molecular formula is C14H20F2N2O4S. The Morgan fingerprint density at radius 3 is 2.57 bits per heavy atom. The van der Waals surface area contributed by atoms with Gasteiger partial charge in [0.05, 0.1) is 11.9 Å². The lowest BCUT2D eigenvalue weighted by Gasteiger charge is -2.19. The van der Waals surface area contributed by atoms with E-state index in [1.165, 1.54) is 7.11 Å². The maximum atomic E-state index is 13.4. The highest BCUT2D eigenvalue weighted by Crippen LogP contribution is 2.15. The minimum absolute atomic E-state index is 0.0306. The number of benzene rings is 1. The first-order valence-electron chi connectivity index (χ1n) is 6.93. The van der Waals surface area contributed by atoms with E-state index in [-0.39, 0.29) is 25.2 Å². The van der Waals surface area contributed by atoms with Crippen LogP contribution >= 0.6 is 0 Å². The zero-order valence-electron chi connectivity index (χ0n) is 13.0. The number of halogens is 2. The van der Waals surface area contributed by atoms with Crippen molar-refractivity contribution < 1.29 is 26.7 Å². The lowest BCUT2D eigenvalue weighted by Crippen LogP contribution is -2.34. The number of rotatable bonds is 9. The van der Waals surface area contributed by atoms with Gasteiger partial charge in [0.25, 0.3) is 0 Å². The molecule has 1 rings (SSSR count). The van der Waals surface area contributed by atoms with Gasteiger partial charge >= 0.3 is 0 Å². The molecule has 0 fully saturated rings. The SMILES string of the molecule is COCCCN(CCC(=O)Nc1ccc(F)cc1F)S(C)(=O)=O. The molecule has 0 saturated carbocycles. The van der Waals surface area contributed by atoms with E-state index in [1.807, 2.05) is 0 Å². The molecule has 0 aliphatic carbocycles. The number of nitrogens with one attached hydrogen (secondary N) is 1. The van der Waals surface area contributed by atoms with Gasteiger partial charge in [-0.2, -0.15) is 0 Å². The predicted molar refractivity (Wildman–Crippen MR) is 82.5 cm³/mol. The molecule has 0 atom stereocenters. The molecule has 9 heteroatoms. The molecule has 0 heterocycles. The number of ether oxygens (including phenoxy) is 1. The van der Waals surface area contributed by atoms with E-state index in [0.29, 0.717) is 19.1 Å². The second-order valence-electron chi connectivity index (χ2n) is 4.93. The van der Waals surface area contributed by atoms with Gasteiger partial charge in [0.1, 0.15) is 11.6 Å². The van der Waals surface area contributed by atoms with Crippen LogP contribution in [0.15, 0.2) is 18.2 Å². The summed E-state index contributed by atoms with van der Waals surface area (Å²) in [5, 5.41) is 2.28. The smallest absolute Gasteiger partial charge is 0.225 e. The monoisotopic (exact) mass is 350 g/mol. The highest BCUT2D eigenvalue weighted by molar-refractivity contribution is 7.88. The Balaban J connectivity index is 2.57. The van der Waals surface area contributed by atoms with Gasteiger partial charge in [0.2, 0.25) is 15.9 Å². The second-order valence-corrected chi connectivity index (χ2v) is 6.91. The molecule has 0 unspecified atom stereocenters. The van der Waals surface area contributed by atoms with Crippen molar-refractivity contribution in [1.82, 2.24) is 4.31 Å². The van der Waals surface area contributed by atoms with E-state index < -0.39 is 27.6 Å². The maximum absolute atomic E-state index is 13.4. The summed E-state index contributed by atoms with van der Waals surface area (Å²) in [6.45, 7) is 0.598. The summed E-state index contributed by atoms with van der Waals surface area (Å²) < 4.78 is 55.5. The number of carbonyl (C=O) groups is 1. The summed E-state index contributed by atoms with van der Waals surface area (Å²) in [7, 11) is -1.94. The second kappa shape index (κ2) is 8.90. The Bertz CT molecular complexity index is 638. The Hall–Kier alpha value is -1.58. The minimum Gasteiger partial charge on any atom is -0.385 e. The van der Waals surface area contributed by atoms with Gasteiger partial charge in [-0.3, -0.25) is 4.79 Å². The highest BCUT2D eigenvalue weighted by Gasteiger charge is 2.18. The fraction of sp³-hybridized carbons (Fsp3) is 0.500. The van der Waals surface area contributed by atoms with Gasteiger partial charge in [-0.1, -0.05) is 0 Å². The first kappa shape index (κ1) is 19.5. The lowest BCUT2D eigenvalue weighted by molar-refractivity contribution is -0.116. The summed E-state index contributed by atoms with van der Waals surface area (Å²) >= 11 is 0. The Morgan fingerprint density at radius 1 is 1.30 bits per heavy atom. The Kier molecular flexibility index (Phi) is 7.53. The van der Waals surface area contributed by atoms with E-state index >= 15 is 0 Å². The molecule has 0 spiro atoms. The number of methoxy groups -OCH3 is 1. The molecule has 0 saturated heterocycles. The van der Waals surface area contributed by atoms with Crippen molar-refractivity contribution >= 4 is 21.6 Å². The first-order chi connectivity index (χ1) is 10.7. The van der Waals surface area contributed by atoms with Gasteiger partial charge in [0.15, 0.2) is 0 Å². The first-order valence-corrected chi connectivity index (χ1v) is 8.78. The number of hydrogen-bond acceptors (Lipinski definition) is 4. The molecule has 0 aromatic heterocycles. The van der Waals surface area contributed by atoms with E-state index in [4.69, 9.17) is 4.74 Å². The van der Waals surface area contributed by atoms with Crippen molar-refractivity contribution in [2.24, 2.45) is 0 Å². The van der Waals surface area contributed by atoms with Gasteiger partial charge in [0, 0.05) is 39.3 Å². The third-order valence-electron chi connectivity index (χ3n) is 3.02. The quantitative estimate of drug-likeness (QED) is 0.686. The van der Waals surface area contributed by atoms with Gasteiger partial charge in [-0.25, -0.2) is 21.5 Å². The lowest BCUT2D eigenvalue weighted by atomic mass is 10.3. The van der Waals surface area contributed by atoms with Crippen molar-refractivity contribution in [1.29, 1.82) is 0 Å². The maximum Gasteiger partial charge on any atom is 0.225 e. The van der Waals surface area contributed by atoms with Crippen molar-refractivity contribution in [2.45, 2.75) is 12.8 Å². The molecule has 1 amide bonds. The Morgan fingerprint density at radius 2 is 2.00 bits per heavy atom. The Labute approximate surface area is 134 Å².